The summed E-state index contributed by atoms with van der Waals surface area (Å²) in [5, 5.41) is 18.7. The molecular formula is C14H15N5O3. The zero-order valence-corrected chi connectivity index (χ0v) is 11.8. The zero-order valence-electron chi connectivity index (χ0n) is 11.8. The number of nitrogens with one attached hydrogen (secondary N) is 2. The molecule has 2 heterocycles. The molecule has 1 aliphatic heterocycles. The van der Waals surface area contributed by atoms with Gasteiger partial charge in [-0.3, -0.25) is 9.48 Å². The van der Waals surface area contributed by atoms with Gasteiger partial charge in [-0.15, -0.1) is 0 Å². The van der Waals surface area contributed by atoms with E-state index in [0.29, 0.717) is 24.8 Å². The van der Waals surface area contributed by atoms with E-state index in [2.05, 4.69) is 15.7 Å². The first kappa shape index (κ1) is 13.1. The van der Waals surface area contributed by atoms with Gasteiger partial charge in [0.05, 0.1) is 17.8 Å². The second-order valence-electron chi connectivity index (χ2n) is 6.15. The van der Waals surface area contributed by atoms with Crippen molar-refractivity contribution in [3.05, 3.63) is 18.0 Å². The smallest absolute Gasteiger partial charge is 0.407 e. The molecule has 3 atom stereocenters. The number of nitriles is 1. The van der Waals surface area contributed by atoms with Gasteiger partial charge in [0.1, 0.15) is 17.7 Å². The van der Waals surface area contributed by atoms with Crippen molar-refractivity contribution in [3.63, 3.8) is 0 Å². The van der Waals surface area contributed by atoms with Crippen molar-refractivity contribution < 1.29 is 14.3 Å². The minimum atomic E-state index is -0.691. The van der Waals surface area contributed by atoms with E-state index in [-0.39, 0.29) is 24.1 Å². The summed E-state index contributed by atoms with van der Waals surface area (Å²) in [5.41, 5.74) is -0.252. The first-order chi connectivity index (χ1) is 10.6. The lowest BCUT2D eigenvalue weighted by Gasteiger charge is -2.24. The van der Waals surface area contributed by atoms with Gasteiger partial charge in [-0.05, 0) is 19.3 Å². The summed E-state index contributed by atoms with van der Waals surface area (Å²) >= 11 is 0. The van der Waals surface area contributed by atoms with Crippen LogP contribution in [-0.2, 0) is 15.1 Å². The largest absolute Gasteiger partial charge is 0.444 e. The van der Waals surface area contributed by atoms with E-state index in [1.165, 1.54) is 6.20 Å². The average Bonchev–Trinajstić information content (AvgIpc) is 3.07. The summed E-state index contributed by atoms with van der Waals surface area (Å²) in [6, 6.07) is 1.92. The molecule has 2 amide bonds. The zero-order chi connectivity index (χ0) is 15.3. The lowest BCUT2D eigenvalue weighted by Crippen LogP contribution is -2.48. The molecule has 2 bridgehead atoms. The molecule has 2 N–H and O–H groups in total. The fourth-order valence-electron chi connectivity index (χ4n) is 3.33. The molecule has 0 aromatic carbocycles. The first-order valence-electron chi connectivity index (χ1n) is 7.34. The maximum atomic E-state index is 12.6. The number of carbonyl (C=O) groups excluding carboxylic acids is 2. The first-order valence-corrected chi connectivity index (χ1v) is 7.34. The fourth-order valence-corrected chi connectivity index (χ4v) is 3.33. The van der Waals surface area contributed by atoms with Crippen LogP contribution in [0.4, 0.5) is 4.79 Å². The molecule has 2 saturated carbocycles. The van der Waals surface area contributed by atoms with Gasteiger partial charge in [0.25, 0.3) is 0 Å². The number of fused-ring (bicyclic) bond motifs is 2. The predicted molar refractivity (Wildman–Crippen MR) is 72.5 cm³/mol. The van der Waals surface area contributed by atoms with Gasteiger partial charge in [-0.1, -0.05) is 0 Å². The van der Waals surface area contributed by atoms with Crippen molar-refractivity contribution in [2.45, 2.75) is 49.4 Å². The molecule has 3 fully saturated rings. The van der Waals surface area contributed by atoms with Gasteiger partial charge in [-0.25, -0.2) is 4.79 Å². The maximum absolute atomic E-state index is 12.6. The Morgan fingerprint density at radius 2 is 2.36 bits per heavy atom. The second kappa shape index (κ2) is 4.47. The number of alkyl carbamates (subject to hydrolysis) is 1. The number of nitrogens with zero attached hydrogens (tertiary/aromatic N) is 3. The minimum Gasteiger partial charge on any atom is -0.444 e. The monoisotopic (exact) mass is 301 g/mol. The number of carbonyl (C=O) groups is 2. The molecule has 0 radical (unpaired) electrons. The van der Waals surface area contributed by atoms with Crippen LogP contribution in [0.3, 0.4) is 0 Å². The van der Waals surface area contributed by atoms with E-state index in [4.69, 9.17) is 10.00 Å². The second-order valence-corrected chi connectivity index (χ2v) is 6.15. The van der Waals surface area contributed by atoms with Gasteiger partial charge in [-0.2, -0.15) is 10.4 Å². The molecule has 3 aliphatic rings. The van der Waals surface area contributed by atoms with Gasteiger partial charge in [0.15, 0.2) is 0 Å². The number of hydrogen-bond acceptors (Lipinski definition) is 5. The number of aromatic nitrogens is 2. The van der Waals surface area contributed by atoms with Crippen molar-refractivity contribution in [1.29, 1.82) is 5.26 Å². The van der Waals surface area contributed by atoms with Crippen LogP contribution in [0.15, 0.2) is 12.4 Å². The summed E-state index contributed by atoms with van der Waals surface area (Å²) in [5.74, 6) is -0.117. The van der Waals surface area contributed by atoms with Gasteiger partial charge in [0, 0.05) is 18.7 Å². The van der Waals surface area contributed by atoms with E-state index >= 15 is 0 Å². The summed E-state index contributed by atoms with van der Waals surface area (Å²) in [6.45, 7) is 0. The topological polar surface area (TPSA) is 109 Å². The van der Waals surface area contributed by atoms with Crippen LogP contribution in [0.1, 0.15) is 31.2 Å². The average molecular weight is 301 g/mol. The van der Waals surface area contributed by atoms with E-state index in [9.17, 15) is 9.59 Å². The standard InChI is InChI=1S/C14H15N5O3/c15-5-8-6-16-19(7-8)14(1-2-14)12(20)18-10-3-9-4-11(10)22-13(21)17-9/h6-7,9-11H,1-4H2,(H,17,21)(H,18,20)/t9-,10-,11-/m1/s1. The van der Waals surface area contributed by atoms with E-state index in [1.807, 2.05) is 6.07 Å². The van der Waals surface area contributed by atoms with Crippen molar-refractivity contribution >= 4 is 12.0 Å². The summed E-state index contributed by atoms with van der Waals surface area (Å²) < 4.78 is 6.80. The van der Waals surface area contributed by atoms with Crippen LogP contribution < -0.4 is 10.6 Å². The summed E-state index contributed by atoms with van der Waals surface area (Å²) in [6.07, 6.45) is 5.19. The SMILES string of the molecule is N#Cc1cnn(C2(C(=O)N[C@@H]3C[C@@H]4C[C@H]3OC(=O)N4)CC2)c1. The highest BCUT2D eigenvalue weighted by Gasteiger charge is 2.54. The Morgan fingerprint density at radius 1 is 1.55 bits per heavy atom. The molecule has 22 heavy (non-hydrogen) atoms. The number of rotatable bonds is 3. The predicted octanol–water partition coefficient (Wildman–Crippen LogP) is -0.000520. The molecule has 114 valence electrons. The molecule has 4 rings (SSSR count). The van der Waals surface area contributed by atoms with Gasteiger partial charge in [0.2, 0.25) is 5.91 Å². The Morgan fingerprint density at radius 3 is 3.05 bits per heavy atom. The normalized spacial score (nSPS) is 30.9. The Bertz CT molecular complexity index is 687. The Kier molecular flexibility index (Phi) is 2.66. The van der Waals surface area contributed by atoms with E-state index < -0.39 is 11.6 Å². The quantitative estimate of drug-likeness (QED) is 0.816. The van der Waals surface area contributed by atoms with Crippen LogP contribution in [-0.4, -0.2) is 40.0 Å². The highest BCUT2D eigenvalue weighted by molar-refractivity contribution is 5.87. The molecule has 1 aromatic rings. The molecule has 0 spiro atoms. The third kappa shape index (κ3) is 1.93. The number of ether oxygens (including phenoxy) is 1. The summed E-state index contributed by atoms with van der Waals surface area (Å²) in [4.78, 5) is 24.0. The van der Waals surface area contributed by atoms with Crippen molar-refractivity contribution in [2.75, 3.05) is 0 Å². The molecule has 1 aromatic heterocycles. The summed E-state index contributed by atoms with van der Waals surface area (Å²) in [7, 11) is 0. The van der Waals surface area contributed by atoms with Crippen LogP contribution >= 0.6 is 0 Å². The van der Waals surface area contributed by atoms with Crippen molar-refractivity contribution in [1.82, 2.24) is 20.4 Å². The van der Waals surface area contributed by atoms with Crippen molar-refractivity contribution in [3.8, 4) is 6.07 Å². The molecule has 8 heteroatoms. The molecular weight excluding hydrogens is 286 g/mol. The number of hydrogen-bond donors (Lipinski definition) is 2. The third-order valence-corrected chi connectivity index (χ3v) is 4.70. The lowest BCUT2D eigenvalue weighted by molar-refractivity contribution is -0.127. The van der Waals surface area contributed by atoms with Crippen LogP contribution in [0, 0.1) is 11.3 Å². The van der Waals surface area contributed by atoms with Crippen LogP contribution in [0.2, 0.25) is 0 Å². The fraction of sp³-hybridized carbons (Fsp3) is 0.571. The molecule has 8 nitrogen and oxygen atoms in total. The highest BCUT2D eigenvalue weighted by Crippen LogP contribution is 2.44. The molecule has 2 aliphatic carbocycles. The number of amides is 2. The Labute approximate surface area is 126 Å². The molecule has 0 unspecified atom stereocenters. The van der Waals surface area contributed by atoms with E-state index in [1.54, 1.807) is 10.9 Å². The highest BCUT2D eigenvalue weighted by atomic mass is 16.6. The van der Waals surface area contributed by atoms with Gasteiger partial charge < -0.3 is 15.4 Å². The Balaban J connectivity index is 1.48. The third-order valence-electron chi connectivity index (χ3n) is 4.70. The lowest BCUT2D eigenvalue weighted by atomic mass is 10.1. The van der Waals surface area contributed by atoms with Crippen LogP contribution in [0.25, 0.3) is 0 Å². The minimum absolute atomic E-state index is 0.0709. The maximum Gasteiger partial charge on any atom is 0.407 e. The van der Waals surface area contributed by atoms with Crippen molar-refractivity contribution in [2.24, 2.45) is 0 Å². The molecule has 1 saturated heterocycles. The Hall–Kier alpha value is -2.56. The van der Waals surface area contributed by atoms with Crippen LogP contribution in [0.5, 0.6) is 0 Å². The van der Waals surface area contributed by atoms with Gasteiger partial charge >= 0.3 is 6.09 Å². The van der Waals surface area contributed by atoms with E-state index in [0.717, 1.165) is 6.42 Å².